The molecule has 0 spiro atoms. The molecule has 0 amide bonds. The normalized spacial score (nSPS) is 20.4. The van der Waals surface area contributed by atoms with E-state index in [0.717, 1.165) is 25.7 Å². The fourth-order valence-electron chi connectivity index (χ4n) is 2.29. The van der Waals surface area contributed by atoms with Crippen LogP contribution in [0.15, 0.2) is 36.6 Å². The first-order valence-corrected chi connectivity index (χ1v) is 7.56. The van der Waals surface area contributed by atoms with Crippen LogP contribution in [0.1, 0.15) is 57.8 Å². The van der Waals surface area contributed by atoms with Crippen LogP contribution in [0, 0.1) is 0 Å². The van der Waals surface area contributed by atoms with Crippen molar-refractivity contribution in [3.63, 3.8) is 0 Å². The molecule has 0 saturated carbocycles. The average Bonchev–Trinajstić information content (AvgIpc) is 2.67. The molecule has 0 bridgehead atoms. The standard InChI is InChI=1S/C17H26O3/c1-3-4-5-6-7-8-9-10-11-12-13-15-16(18)14(2)20-17(15)19/h3,13,16,18H,1-2,4-12H2/b15-13+/t16-/m0/s1. The second kappa shape index (κ2) is 9.54. The Kier molecular flexibility index (Phi) is 7.97. The number of aliphatic hydroxyl groups is 1. The van der Waals surface area contributed by atoms with Crippen molar-refractivity contribution in [1.82, 2.24) is 0 Å². The number of rotatable bonds is 10. The SMILES string of the molecule is C=CCCCCCCCCC/C=C1/C(=O)OC(=C)[C@@H]1O. The average molecular weight is 278 g/mol. The molecule has 1 fully saturated rings. The number of ether oxygens (including phenoxy) is 1. The predicted octanol–water partition coefficient (Wildman–Crippen LogP) is 4.04. The quantitative estimate of drug-likeness (QED) is 0.284. The molecule has 3 nitrogen and oxygen atoms in total. The lowest BCUT2D eigenvalue weighted by molar-refractivity contribution is -0.132. The third-order valence-corrected chi connectivity index (χ3v) is 3.54. The van der Waals surface area contributed by atoms with Gasteiger partial charge in [0.2, 0.25) is 0 Å². The first-order chi connectivity index (χ1) is 9.66. The van der Waals surface area contributed by atoms with Crippen molar-refractivity contribution < 1.29 is 14.6 Å². The van der Waals surface area contributed by atoms with Gasteiger partial charge >= 0.3 is 5.97 Å². The molecule has 1 saturated heterocycles. The number of esters is 1. The summed E-state index contributed by atoms with van der Waals surface area (Å²) >= 11 is 0. The van der Waals surface area contributed by atoms with E-state index in [-0.39, 0.29) is 5.76 Å². The molecular formula is C17H26O3. The fraction of sp³-hybridized carbons (Fsp3) is 0.588. The maximum absolute atomic E-state index is 11.4. The molecule has 1 aliphatic heterocycles. The Balaban J connectivity index is 2.03. The molecule has 3 heteroatoms. The smallest absolute Gasteiger partial charge is 0.341 e. The molecule has 1 N–H and O–H groups in total. The summed E-state index contributed by atoms with van der Waals surface area (Å²) in [6.07, 6.45) is 13.3. The monoisotopic (exact) mass is 278 g/mol. The molecule has 1 aliphatic rings. The van der Waals surface area contributed by atoms with Crippen LogP contribution in [0.4, 0.5) is 0 Å². The molecule has 0 aliphatic carbocycles. The maximum Gasteiger partial charge on any atom is 0.341 e. The molecule has 1 atom stereocenters. The third kappa shape index (κ3) is 5.74. The van der Waals surface area contributed by atoms with Crippen LogP contribution in [0.3, 0.4) is 0 Å². The van der Waals surface area contributed by atoms with E-state index in [9.17, 15) is 9.90 Å². The zero-order chi connectivity index (χ0) is 14.8. The van der Waals surface area contributed by atoms with Gasteiger partial charge < -0.3 is 9.84 Å². The number of carbonyl (C=O) groups excluding carboxylic acids is 1. The molecule has 0 radical (unpaired) electrons. The Morgan fingerprint density at radius 1 is 1.05 bits per heavy atom. The lowest BCUT2D eigenvalue weighted by Crippen LogP contribution is -2.07. The minimum atomic E-state index is -0.938. The van der Waals surface area contributed by atoms with E-state index >= 15 is 0 Å². The van der Waals surface area contributed by atoms with Gasteiger partial charge in [0.1, 0.15) is 11.9 Å². The predicted molar refractivity (Wildman–Crippen MR) is 81.1 cm³/mol. The van der Waals surface area contributed by atoms with Gasteiger partial charge in [-0.3, -0.25) is 0 Å². The molecule has 0 aromatic heterocycles. The van der Waals surface area contributed by atoms with Crippen molar-refractivity contribution in [2.24, 2.45) is 0 Å². The minimum absolute atomic E-state index is 0.140. The van der Waals surface area contributed by atoms with E-state index in [0.29, 0.717) is 5.57 Å². The second-order valence-corrected chi connectivity index (χ2v) is 5.26. The van der Waals surface area contributed by atoms with E-state index in [1.807, 2.05) is 6.08 Å². The highest BCUT2D eigenvalue weighted by molar-refractivity contribution is 5.93. The number of cyclic esters (lactones) is 1. The van der Waals surface area contributed by atoms with Gasteiger partial charge in [0.25, 0.3) is 0 Å². The van der Waals surface area contributed by atoms with Crippen molar-refractivity contribution >= 4 is 5.97 Å². The highest BCUT2D eigenvalue weighted by Gasteiger charge is 2.32. The van der Waals surface area contributed by atoms with Crippen LogP contribution >= 0.6 is 0 Å². The lowest BCUT2D eigenvalue weighted by atomic mass is 10.1. The minimum Gasteiger partial charge on any atom is -0.425 e. The number of hydrogen-bond acceptors (Lipinski definition) is 3. The first-order valence-electron chi connectivity index (χ1n) is 7.56. The summed E-state index contributed by atoms with van der Waals surface area (Å²) in [7, 11) is 0. The topological polar surface area (TPSA) is 46.5 Å². The number of hydrogen-bond donors (Lipinski definition) is 1. The van der Waals surface area contributed by atoms with Crippen LogP contribution in [0.5, 0.6) is 0 Å². The van der Waals surface area contributed by atoms with Crippen molar-refractivity contribution in [3.8, 4) is 0 Å². The Labute approximate surface area is 122 Å². The summed E-state index contributed by atoms with van der Waals surface area (Å²) in [4.78, 5) is 11.4. The van der Waals surface area contributed by atoms with Gasteiger partial charge in [-0.05, 0) is 25.7 Å². The highest BCUT2D eigenvalue weighted by atomic mass is 16.6. The molecule has 112 valence electrons. The zero-order valence-corrected chi connectivity index (χ0v) is 12.3. The fourth-order valence-corrected chi connectivity index (χ4v) is 2.29. The second-order valence-electron chi connectivity index (χ2n) is 5.26. The molecule has 20 heavy (non-hydrogen) atoms. The first kappa shape index (κ1) is 16.7. The van der Waals surface area contributed by atoms with Crippen LogP contribution in [0.25, 0.3) is 0 Å². The molecular weight excluding hydrogens is 252 g/mol. The highest BCUT2D eigenvalue weighted by Crippen LogP contribution is 2.23. The van der Waals surface area contributed by atoms with Crippen molar-refractivity contribution in [1.29, 1.82) is 0 Å². The van der Waals surface area contributed by atoms with Crippen LogP contribution in [-0.2, 0) is 9.53 Å². The number of carbonyl (C=O) groups is 1. The Bertz CT molecular complexity index is 368. The zero-order valence-electron chi connectivity index (χ0n) is 12.3. The van der Waals surface area contributed by atoms with Crippen LogP contribution < -0.4 is 0 Å². The Morgan fingerprint density at radius 3 is 2.10 bits per heavy atom. The third-order valence-electron chi connectivity index (χ3n) is 3.54. The van der Waals surface area contributed by atoms with Crippen LogP contribution in [-0.4, -0.2) is 17.2 Å². The number of aliphatic hydroxyl groups excluding tert-OH is 1. The van der Waals surface area contributed by atoms with E-state index in [1.54, 1.807) is 6.08 Å². The molecule has 1 rings (SSSR count). The number of allylic oxidation sites excluding steroid dienone is 2. The summed E-state index contributed by atoms with van der Waals surface area (Å²) in [5.41, 5.74) is 0.347. The van der Waals surface area contributed by atoms with E-state index < -0.39 is 12.1 Å². The van der Waals surface area contributed by atoms with Gasteiger partial charge in [0, 0.05) is 0 Å². The van der Waals surface area contributed by atoms with Gasteiger partial charge in [-0.15, -0.1) is 6.58 Å². The maximum atomic E-state index is 11.4. The Morgan fingerprint density at radius 2 is 1.60 bits per heavy atom. The summed E-state index contributed by atoms with van der Waals surface area (Å²) in [5, 5.41) is 9.65. The Hall–Kier alpha value is -1.35. The van der Waals surface area contributed by atoms with Crippen LogP contribution in [0.2, 0.25) is 0 Å². The van der Waals surface area contributed by atoms with Crippen molar-refractivity contribution in [2.45, 2.75) is 63.9 Å². The van der Waals surface area contributed by atoms with Gasteiger partial charge in [-0.25, -0.2) is 4.79 Å². The summed E-state index contributed by atoms with van der Waals surface area (Å²) in [6, 6.07) is 0. The van der Waals surface area contributed by atoms with E-state index in [1.165, 1.54) is 32.1 Å². The van der Waals surface area contributed by atoms with Crippen molar-refractivity contribution in [3.05, 3.63) is 36.6 Å². The van der Waals surface area contributed by atoms with Gasteiger partial charge in [-0.1, -0.05) is 50.8 Å². The van der Waals surface area contributed by atoms with Gasteiger partial charge in [0.15, 0.2) is 0 Å². The largest absolute Gasteiger partial charge is 0.425 e. The van der Waals surface area contributed by atoms with Gasteiger partial charge in [0.05, 0.1) is 5.57 Å². The molecule has 1 heterocycles. The van der Waals surface area contributed by atoms with E-state index in [2.05, 4.69) is 13.2 Å². The summed E-state index contributed by atoms with van der Waals surface area (Å²) < 4.78 is 4.77. The van der Waals surface area contributed by atoms with Gasteiger partial charge in [-0.2, -0.15) is 0 Å². The molecule has 0 aromatic carbocycles. The van der Waals surface area contributed by atoms with Crippen molar-refractivity contribution in [2.75, 3.05) is 0 Å². The summed E-state index contributed by atoms with van der Waals surface area (Å²) in [6.45, 7) is 7.21. The molecule has 0 unspecified atom stereocenters. The number of unbranched alkanes of at least 4 members (excludes halogenated alkanes) is 8. The van der Waals surface area contributed by atoms with E-state index in [4.69, 9.17) is 4.74 Å². The lowest BCUT2D eigenvalue weighted by Gasteiger charge is -2.01. The molecule has 0 aromatic rings. The summed E-state index contributed by atoms with van der Waals surface area (Å²) in [5.74, 6) is -0.314.